The fraction of sp³-hybridized carbons (Fsp3) is 0.685. The van der Waals surface area contributed by atoms with Crippen LogP contribution in [0.2, 0.25) is 0 Å². The van der Waals surface area contributed by atoms with E-state index in [1.165, 1.54) is 25.7 Å². The quantitative estimate of drug-likeness (QED) is 0.0197. The summed E-state index contributed by atoms with van der Waals surface area (Å²) in [5, 5.41) is 30.7. The molecule has 1 aliphatic rings. The summed E-state index contributed by atoms with van der Waals surface area (Å²) < 4.78 is 59.2. The van der Waals surface area contributed by atoms with Crippen LogP contribution >= 0.6 is 0 Å². The summed E-state index contributed by atoms with van der Waals surface area (Å²) >= 11 is 0. The lowest BCUT2D eigenvalue weighted by molar-refractivity contribution is -0.301. The van der Waals surface area contributed by atoms with Crippen LogP contribution in [0.4, 0.5) is 0 Å². The van der Waals surface area contributed by atoms with E-state index in [0.717, 1.165) is 122 Å². The molecule has 1 rings (SSSR count). The van der Waals surface area contributed by atoms with E-state index < -0.39 is 59.8 Å². The van der Waals surface area contributed by atoms with Crippen molar-refractivity contribution in [2.24, 2.45) is 0 Å². The molecule has 0 aromatic rings. The van der Waals surface area contributed by atoms with Gasteiger partial charge in [0.15, 0.2) is 6.29 Å². The number of ether oxygens (including phenoxy) is 4. The van der Waals surface area contributed by atoms with Crippen molar-refractivity contribution in [2.75, 3.05) is 26.4 Å². The second-order valence-electron chi connectivity index (χ2n) is 17.0. The Labute approximate surface area is 406 Å². The fourth-order valence-electron chi connectivity index (χ4n) is 7.10. The van der Waals surface area contributed by atoms with E-state index in [-0.39, 0.29) is 19.6 Å². The number of aliphatic hydroxyl groups is 3. The zero-order valence-electron chi connectivity index (χ0n) is 41.2. The maximum absolute atomic E-state index is 12.9. The topological polar surface area (TPSA) is 178 Å². The maximum atomic E-state index is 12.9. The lowest BCUT2D eigenvalue weighted by Gasteiger charge is -2.41. The van der Waals surface area contributed by atoms with Crippen LogP contribution < -0.4 is 0 Å². The lowest BCUT2D eigenvalue weighted by atomic mass is 9.99. The Balaban J connectivity index is 2.38. The number of aliphatic hydroxyl groups excluding tert-OH is 3. The van der Waals surface area contributed by atoms with Crippen LogP contribution in [0.15, 0.2) is 97.2 Å². The monoisotopic (exact) mass is 963 g/mol. The van der Waals surface area contributed by atoms with Gasteiger partial charge in [-0.25, -0.2) is 4.18 Å². The van der Waals surface area contributed by atoms with Gasteiger partial charge in [0.1, 0.15) is 30.5 Å². The molecule has 0 saturated carbocycles. The van der Waals surface area contributed by atoms with Gasteiger partial charge in [-0.05, 0) is 89.9 Å². The molecule has 0 aromatic carbocycles. The standard InChI is InChI=1S/C54H90O12S/c1-3-5-7-9-11-13-15-17-19-20-21-22-23-24-25-26-27-28-29-31-33-35-37-39-41-43-50(56)64-48(47-63-54-52(58)53(66-67(59,60)61)51(57)49(45-55)65-54)46-62-44-42-40-38-36-34-32-30-18-16-14-12-10-8-6-4-2/h5,7,10-13,16-19,21-22,24-25,27-28,48-49,51-55,57-58H,3-4,6,8-9,14-15,20,23,26,29-47H2,1-2H3,(H,59,60,61)/b7-5-,12-10-,13-11-,18-16-,19-17-,22-21-,25-24-,28-27-. The summed E-state index contributed by atoms with van der Waals surface area (Å²) in [6, 6.07) is 0. The van der Waals surface area contributed by atoms with Gasteiger partial charge in [-0.15, -0.1) is 0 Å². The molecule has 0 bridgehead atoms. The van der Waals surface area contributed by atoms with Gasteiger partial charge >= 0.3 is 16.4 Å². The first-order valence-electron chi connectivity index (χ1n) is 25.5. The fourth-order valence-corrected chi connectivity index (χ4v) is 7.61. The van der Waals surface area contributed by atoms with Gasteiger partial charge in [-0.1, -0.05) is 175 Å². The van der Waals surface area contributed by atoms with Gasteiger partial charge in [0.05, 0.1) is 19.8 Å². The number of hydrogen-bond donors (Lipinski definition) is 4. The first-order chi connectivity index (χ1) is 32.6. The molecular formula is C54H90O12S. The van der Waals surface area contributed by atoms with Crippen LogP contribution in [0.25, 0.3) is 0 Å². The second-order valence-corrected chi connectivity index (χ2v) is 18.1. The molecule has 0 aromatic heterocycles. The second kappa shape index (κ2) is 44.2. The van der Waals surface area contributed by atoms with Crippen molar-refractivity contribution in [1.82, 2.24) is 0 Å². The SMILES string of the molecule is CC/C=C\C/C=C\C/C=C\C/C=C\C/C=C\C/C=C\CCCCCCCCC(=O)OC(COCCCCCCCC/C=C\C/C=C\CCCC)COC1OC(CO)C(O)C(OS(=O)(=O)O)C1O. The minimum atomic E-state index is -5.07. The molecule has 1 fully saturated rings. The van der Waals surface area contributed by atoms with E-state index >= 15 is 0 Å². The minimum Gasteiger partial charge on any atom is -0.457 e. The maximum Gasteiger partial charge on any atom is 0.397 e. The summed E-state index contributed by atoms with van der Waals surface area (Å²) in [6.07, 6.45) is 51.5. The molecule has 1 saturated heterocycles. The summed E-state index contributed by atoms with van der Waals surface area (Å²) in [4.78, 5) is 12.9. The smallest absolute Gasteiger partial charge is 0.397 e. The molecule has 1 aliphatic heterocycles. The average Bonchev–Trinajstić information content (AvgIpc) is 3.30. The Hall–Kier alpha value is -2.98. The largest absolute Gasteiger partial charge is 0.457 e. The predicted octanol–water partition coefficient (Wildman–Crippen LogP) is 11.8. The molecule has 0 spiro atoms. The van der Waals surface area contributed by atoms with Crippen molar-refractivity contribution in [3.63, 3.8) is 0 Å². The summed E-state index contributed by atoms with van der Waals surface area (Å²) in [7, 11) is -5.07. The lowest BCUT2D eigenvalue weighted by Crippen LogP contribution is -2.60. The number of hydrogen-bond acceptors (Lipinski definition) is 11. The van der Waals surface area contributed by atoms with Gasteiger partial charge in [0.25, 0.3) is 0 Å². The van der Waals surface area contributed by atoms with E-state index in [2.05, 4.69) is 115 Å². The first-order valence-corrected chi connectivity index (χ1v) is 26.9. The number of unbranched alkanes of at least 4 members (excludes halogenated alkanes) is 14. The Kier molecular flexibility index (Phi) is 41.0. The normalized spacial score (nSPS) is 20.2. The van der Waals surface area contributed by atoms with Crippen LogP contribution in [-0.2, 0) is 38.3 Å². The van der Waals surface area contributed by atoms with Crippen molar-refractivity contribution >= 4 is 16.4 Å². The van der Waals surface area contributed by atoms with Crippen LogP contribution in [0, 0.1) is 0 Å². The number of esters is 1. The Morgan fingerprint density at radius 2 is 1.03 bits per heavy atom. The molecule has 6 unspecified atom stereocenters. The van der Waals surface area contributed by atoms with Crippen molar-refractivity contribution in [3.8, 4) is 0 Å². The first kappa shape index (κ1) is 62.0. The highest BCUT2D eigenvalue weighted by molar-refractivity contribution is 7.80. The van der Waals surface area contributed by atoms with Crippen molar-refractivity contribution in [1.29, 1.82) is 0 Å². The molecule has 0 amide bonds. The van der Waals surface area contributed by atoms with E-state index in [9.17, 15) is 33.1 Å². The third-order valence-electron chi connectivity index (χ3n) is 10.9. The summed E-state index contributed by atoms with van der Waals surface area (Å²) in [5.74, 6) is -0.422. The molecule has 12 nitrogen and oxygen atoms in total. The van der Waals surface area contributed by atoms with Gasteiger partial charge in [-0.3, -0.25) is 9.35 Å². The zero-order valence-corrected chi connectivity index (χ0v) is 42.0. The molecule has 1 heterocycles. The van der Waals surface area contributed by atoms with E-state index in [4.69, 9.17) is 18.9 Å². The predicted molar refractivity (Wildman–Crippen MR) is 271 cm³/mol. The highest BCUT2D eigenvalue weighted by Crippen LogP contribution is 2.26. The van der Waals surface area contributed by atoms with Gasteiger partial charge in [-0.2, -0.15) is 8.42 Å². The Morgan fingerprint density at radius 1 is 0.582 bits per heavy atom. The molecule has 0 aliphatic carbocycles. The number of carbonyl (C=O) groups excluding carboxylic acids is 1. The van der Waals surface area contributed by atoms with E-state index in [1.807, 2.05) is 0 Å². The molecule has 4 N–H and O–H groups in total. The van der Waals surface area contributed by atoms with Crippen LogP contribution in [0.5, 0.6) is 0 Å². The van der Waals surface area contributed by atoms with Gasteiger partial charge < -0.3 is 34.3 Å². The molecule has 13 heteroatoms. The molecule has 0 radical (unpaired) electrons. The molecule has 384 valence electrons. The number of allylic oxidation sites excluding steroid dienone is 16. The average molecular weight is 963 g/mol. The van der Waals surface area contributed by atoms with E-state index in [1.54, 1.807) is 0 Å². The highest BCUT2D eigenvalue weighted by atomic mass is 32.3. The number of rotatable bonds is 43. The molecule has 67 heavy (non-hydrogen) atoms. The van der Waals surface area contributed by atoms with Gasteiger partial charge in [0.2, 0.25) is 0 Å². The third-order valence-corrected chi connectivity index (χ3v) is 11.4. The molecule has 6 atom stereocenters. The van der Waals surface area contributed by atoms with Crippen LogP contribution in [0.1, 0.15) is 174 Å². The molecular weight excluding hydrogens is 873 g/mol. The third kappa shape index (κ3) is 37.6. The minimum absolute atomic E-state index is 0.0163. The van der Waals surface area contributed by atoms with Crippen molar-refractivity contribution in [2.45, 2.75) is 211 Å². The Morgan fingerprint density at radius 3 is 1.51 bits per heavy atom. The Bertz CT molecular complexity index is 1530. The summed E-state index contributed by atoms with van der Waals surface area (Å²) in [6.45, 7) is 3.78. The highest BCUT2D eigenvalue weighted by Gasteiger charge is 2.48. The van der Waals surface area contributed by atoms with Gasteiger partial charge in [0, 0.05) is 13.0 Å². The zero-order chi connectivity index (χ0) is 48.9. The van der Waals surface area contributed by atoms with Crippen LogP contribution in [-0.4, -0.2) is 97.5 Å². The van der Waals surface area contributed by atoms with Crippen LogP contribution in [0.3, 0.4) is 0 Å². The number of carbonyl (C=O) groups is 1. The van der Waals surface area contributed by atoms with E-state index in [0.29, 0.717) is 13.0 Å². The van der Waals surface area contributed by atoms with Crippen molar-refractivity contribution < 1.29 is 56.2 Å². The summed E-state index contributed by atoms with van der Waals surface area (Å²) in [5.41, 5.74) is 0. The van der Waals surface area contributed by atoms with Crippen molar-refractivity contribution in [3.05, 3.63) is 97.2 Å².